The molecule has 1 aliphatic heterocycles. The minimum atomic E-state index is -0.408. The van der Waals surface area contributed by atoms with E-state index in [2.05, 4.69) is 10.3 Å². The molecule has 7 nitrogen and oxygen atoms in total. The van der Waals surface area contributed by atoms with Crippen LogP contribution in [0.4, 0.5) is 0 Å². The van der Waals surface area contributed by atoms with Gasteiger partial charge in [-0.25, -0.2) is 4.68 Å². The number of benzene rings is 2. The molecule has 0 saturated carbocycles. The Bertz CT molecular complexity index is 934. The van der Waals surface area contributed by atoms with Gasteiger partial charge in [0.05, 0.1) is 36.8 Å². The van der Waals surface area contributed by atoms with E-state index in [4.69, 9.17) is 5.11 Å². The second-order valence-electron chi connectivity index (χ2n) is 5.23. The second-order valence-corrected chi connectivity index (χ2v) is 5.23. The van der Waals surface area contributed by atoms with Gasteiger partial charge in [0.2, 0.25) is 0 Å². The van der Waals surface area contributed by atoms with Crippen LogP contribution in [0.5, 0.6) is 0 Å². The topological polar surface area (TPSA) is 88.3 Å². The number of rotatable bonds is 3. The average Bonchev–Trinajstić information content (AvgIpc) is 3.10. The van der Waals surface area contributed by atoms with Crippen LogP contribution in [0.15, 0.2) is 42.7 Å². The van der Waals surface area contributed by atoms with Crippen LogP contribution in [0.2, 0.25) is 0 Å². The van der Waals surface area contributed by atoms with Crippen molar-refractivity contribution >= 4 is 22.6 Å². The molecule has 114 valence electrons. The van der Waals surface area contributed by atoms with Gasteiger partial charge < -0.3 is 5.11 Å². The zero-order valence-electron chi connectivity index (χ0n) is 12.0. The Balaban J connectivity index is 2.01. The van der Waals surface area contributed by atoms with E-state index >= 15 is 0 Å². The van der Waals surface area contributed by atoms with Gasteiger partial charge in [-0.2, -0.15) is 0 Å². The Morgan fingerprint density at radius 2 is 1.91 bits per heavy atom. The zero-order chi connectivity index (χ0) is 16.0. The smallest absolute Gasteiger partial charge is 0.261 e. The number of aliphatic hydroxyl groups is 1. The Kier molecular flexibility index (Phi) is 2.95. The summed E-state index contributed by atoms with van der Waals surface area (Å²) in [6, 6.07) is 8.88. The van der Waals surface area contributed by atoms with E-state index in [1.54, 1.807) is 35.3 Å². The molecule has 3 aromatic rings. The molecule has 7 heteroatoms. The summed E-state index contributed by atoms with van der Waals surface area (Å²) in [7, 11) is 0. The number of carbonyl (C=O) groups excluding carboxylic acids is 2. The first-order valence-electron chi connectivity index (χ1n) is 7.11. The molecule has 0 radical (unpaired) electrons. The van der Waals surface area contributed by atoms with E-state index < -0.39 is 5.91 Å². The minimum absolute atomic E-state index is 0.0267. The first kappa shape index (κ1) is 13.6. The molecule has 1 aliphatic rings. The number of amides is 2. The molecule has 23 heavy (non-hydrogen) atoms. The van der Waals surface area contributed by atoms with Gasteiger partial charge in [-0.15, -0.1) is 5.10 Å². The summed E-state index contributed by atoms with van der Waals surface area (Å²) in [5.74, 6) is -0.787. The minimum Gasteiger partial charge on any atom is -0.395 e. The lowest BCUT2D eigenvalue weighted by Gasteiger charge is -2.27. The summed E-state index contributed by atoms with van der Waals surface area (Å²) in [4.78, 5) is 26.2. The van der Waals surface area contributed by atoms with Crippen LogP contribution in [0.25, 0.3) is 16.5 Å². The molecule has 4 rings (SSSR count). The lowest BCUT2D eigenvalue weighted by atomic mass is 9.93. The molecule has 0 atom stereocenters. The fourth-order valence-corrected chi connectivity index (χ4v) is 2.92. The number of hydrogen-bond acceptors (Lipinski definition) is 5. The molecule has 1 N–H and O–H groups in total. The van der Waals surface area contributed by atoms with Crippen molar-refractivity contribution in [3.05, 3.63) is 53.9 Å². The SMILES string of the molecule is O=C1c2cccc3cc(-n4ccnn4)cc(c23)C(=O)N1CCO. The molecule has 0 fully saturated rings. The highest BCUT2D eigenvalue weighted by atomic mass is 16.3. The highest BCUT2D eigenvalue weighted by molar-refractivity contribution is 6.25. The van der Waals surface area contributed by atoms with Crippen LogP contribution in [0.1, 0.15) is 20.7 Å². The Hall–Kier alpha value is -3.06. The Morgan fingerprint density at radius 1 is 1.09 bits per heavy atom. The number of nitrogens with zero attached hydrogens (tertiary/aromatic N) is 4. The van der Waals surface area contributed by atoms with Crippen LogP contribution in [-0.4, -0.2) is 50.0 Å². The molecule has 2 aromatic carbocycles. The van der Waals surface area contributed by atoms with Gasteiger partial charge in [-0.3, -0.25) is 14.5 Å². The molecule has 0 spiro atoms. The van der Waals surface area contributed by atoms with Gasteiger partial charge >= 0.3 is 0 Å². The van der Waals surface area contributed by atoms with Crippen molar-refractivity contribution in [2.45, 2.75) is 0 Å². The number of hydrogen-bond donors (Lipinski definition) is 1. The molecule has 0 bridgehead atoms. The van der Waals surface area contributed by atoms with E-state index in [9.17, 15) is 9.59 Å². The summed E-state index contributed by atoms with van der Waals surface area (Å²) in [6.45, 7) is -0.299. The van der Waals surface area contributed by atoms with Gasteiger partial charge in [0.1, 0.15) is 0 Å². The summed E-state index contributed by atoms with van der Waals surface area (Å²) in [5.41, 5.74) is 1.58. The molecule has 1 aromatic heterocycles. The van der Waals surface area contributed by atoms with Crippen molar-refractivity contribution in [1.29, 1.82) is 0 Å². The molecule has 2 amide bonds. The fraction of sp³-hybridized carbons (Fsp3) is 0.125. The predicted octanol–water partition coefficient (Wildman–Crippen LogP) is 1.01. The number of β-amino-alcohol motifs (C(OH)–C–C–N with tert-alkyl or cyclic N) is 1. The van der Waals surface area contributed by atoms with E-state index in [0.717, 1.165) is 10.3 Å². The van der Waals surface area contributed by atoms with E-state index in [-0.39, 0.29) is 19.1 Å². The van der Waals surface area contributed by atoms with Crippen molar-refractivity contribution in [2.75, 3.05) is 13.2 Å². The Labute approximate surface area is 130 Å². The normalized spacial score (nSPS) is 13.9. The maximum atomic E-state index is 12.7. The van der Waals surface area contributed by atoms with E-state index in [0.29, 0.717) is 22.2 Å². The highest BCUT2D eigenvalue weighted by Crippen LogP contribution is 2.32. The molecular formula is C16H12N4O3. The fourth-order valence-electron chi connectivity index (χ4n) is 2.92. The lowest BCUT2D eigenvalue weighted by Crippen LogP contribution is -2.42. The first-order valence-corrected chi connectivity index (χ1v) is 7.11. The third kappa shape index (κ3) is 1.94. The summed E-state index contributed by atoms with van der Waals surface area (Å²) in [5, 5.41) is 18.3. The number of aromatic nitrogens is 3. The van der Waals surface area contributed by atoms with Gasteiger partial charge in [0.15, 0.2) is 0 Å². The maximum absolute atomic E-state index is 12.7. The van der Waals surface area contributed by atoms with Crippen molar-refractivity contribution in [2.24, 2.45) is 0 Å². The van der Waals surface area contributed by atoms with Crippen molar-refractivity contribution < 1.29 is 14.7 Å². The lowest BCUT2D eigenvalue weighted by molar-refractivity contribution is 0.0580. The van der Waals surface area contributed by atoms with Crippen LogP contribution in [0.3, 0.4) is 0 Å². The summed E-state index contributed by atoms with van der Waals surface area (Å²) in [6.07, 6.45) is 3.23. The predicted molar refractivity (Wildman–Crippen MR) is 81.3 cm³/mol. The molecule has 0 unspecified atom stereocenters. The van der Waals surface area contributed by atoms with Crippen molar-refractivity contribution in [3.63, 3.8) is 0 Å². The first-order chi connectivity index (χ1) is 11.2. The third-order valence-electron chi connectivity index (χ3n) is 3.92. The highest BCUT2D eigenvalue weighted by Gasteiger charge is 2.32. The zero-order valence-corrected chi connectivity index (χ0v) is 12.0. The standard InChI is InChI=1S/C16H12N4O3/c21-7-6-19-15(22)12-3-1-2-10-8-11(20-5-4-17-18-20)9-13(14(10)12)16(19)23/h1-5,8-9,21H,6-7H2. The van der Waals surface area contributed by atoms with Crippen molar-refractivity contribution in [3.8, 4) is 5.69 Å². The van der Waals surface area contributed by atoms with Gasteiger partial charge in [-0.1, -0.05) is 17.3 Å². The van der Waals surface area contributed by atoms with Crippen LogP contribution in [-0.2, 0) is 0 Å². The van der Waals surface area contributed by atoms with Gasteiger partial charge in [0, 0.05) is 10.9 Å². The van der Waals surface area contributed by atoms with E-state index in [1.807, 2.05) is 12.1 Å². The monoisotopic (exact) mass is 308 g/mol. The maximum Gasteiger partial charge on any atom is 0.261 e. The number of imide groups is 1. The number of carbonyl (C=O) groups is 2. The summed E-state index contributed by atoms with van der Waals surface area (Å²) >= 11 is 0. The third-order valence-corrected chi connectivity index (χ3v) is 3.92. The number of aliphatic hydroxyl groups excluding tert-OH is 1. The van der Waals surface area contributed by atoms with E-state index in [1.165, 1.54) is 0 Å². The molecule has 0 saturated heterocycles. The molecule has 0 aliphatic carbocycles. The quantitative estimate of drug-likeness (QED) is 0.730. The molecular weight excluding hydrogens is 296 g/mol. The summed E-state index contributed by atoms with van der Waals surface area (Å²) < 4.78 is 1.56. The largest absolute Gasteiger partial charge is 0.395 e. The van der Waals surface area contributed by atoms with Crippen molar-refractivity contribution in [1.82, 2.24) is 19.9 Å². The Morgan fingerprint density at radius 3 is 2.65 bits per heavy atom. The van der Waals surface area contributed by atoms with Gasteiger partial charge in [0.25, 0.3) is 11.8 Å². The van der Waals surface area contributed by atoms with Crippen LogP contribution < -0.4 is 0 Å². The average molecular weight is 308 g/mol. The van der Waals surface area contributed by atoms with Gasteiger partial charge in [-0.05, 0) is 23.6 Å². The van der Waals surface area contributed by atoms with Crippen LogP contribution >= 0.6 is 0 Å². The second kappa shape index (κ2) is 4.99. The van der Waals surface area contributed by atoms with Crippen LogP contribution in [0, 0.1) is 0 Å². The molecule has 2 heterocycles.